The second-order valence-corrected chi connectivity index (χ2v) is 6.73. The van der Waals surface area contributed by atoms with Crippen molar-refractivity contribution in [2.24, 2.45) is 5.41 Å². The minimum absolute atomic E-state index is 0. The zero-order valence-electron chi connectivity index (χ0n) is 15.5. The minimum Gasteiger partial charge on any atom is -0.384 e. The second-order valence-electron chi connectivity index (χ2n) is 6.73. The predicted octanol–water partition coefficient (Wildman–Crippen LogP) is 2.52. The third-order valence-electron chi connectivity index (χ3n) is 4.89. The van der Waals surface area contributed by atoms with E-state index in [1.807, 2.05) is 41.2 Å². The Balaban J connectivity index is 0.00000182. The van der Waals surface area contributed by atoms with Crippen LogP contribution in [0.1, 0.15) is 28.8 Å². The number of nitrogens with zero attached hydrogens (tertiary/aromatic N) is 2. The van der Waals surface area contributed by atoms with Gasteiger partial charge in [0.15, 0.2) is 0 Å². The van der Waals surface area contributed by atoms with Gasteiger partial charge >= 0.3 is 0 Å². The van der Waals surface area contributed by atoms with E-state index >= 15 is 0 Å². The Morgan fingerprint density at radius 1 is 1.26 bits per heavy atom. The molecule has 2 heterocycles. The minimum atomic E-state index is -0.0308. The predicted molar refractivity (Wildman–Crippen MR) is 111 cm³/mol. The fraction of sp³-hybridized carbons (Fsp3) is 0.474. The fourth-order valence-corrected chi connectivity index (χ4v) is 3.45. The van der Waals surface area contributed by atoms with Crippen molar-refractivity contribution in [1.29, 1.82) is 0 Å². The zero-order chi connectivity index (χ0) is 17.5. The van der Waals surface area contributed by atoms with Crippen LogP contribution in [0, 0.1) is 5.41 Å². The molecule has 1 aliphatic rings. The maximum Gasteiger partial charge on any atom is 0.251 e. The van der Waals surface area contributed by atoms with E-state index in [1.54, 1.807) is 13.3 Å². The normalized spacial score (nSPS) is 15.3. The Morgan fingerprint density at radius 2 is 2.00 bits per heavy atom. The number of rotatable bonds is 7. The van der Waals surface area contributed by atoms with Crippen molar-refractivity contribution >= 4 is 30.7 Å². The summed E-state index contributed by atoms with van der Waals surface area (Å²) in [6, 6.07) is 9.59. The molecular weight excluding hydrogens is 387 g/mol. The molecule has 150 valence electrons. The van der Waals surface area contributed by atoms with Crippen LogP contribution in [0.4, 0.5) is 0 Å². The number of hydrogen-bond donors (Lipinski definition) is 2. The first-order chi connectivity index (χ1) is 12.2. The first-order valence-corrected chi connectivity index (χ1v) is 8.76. The Kier molecular flexibility index (Phi) is 9.80. The summed E-state index contributed by atoms with van der Waals surface area (Å²) < 4.78 is 7.25. The van der Waals surface area contributed by atoms with Crippen molar-refractivity contribution < 1.29 is 9.53 Å². The lowest BCUT2D eigenvalue weighted by atomic mass is 9.79. The smallest absolute Gasteiger partial charge is 0.251 e. The lowest BCUT2D eigenvalue weighted by Crippen LogP contribution is -2.47. The van der Waals surface area contributed by atoms with E-state index in [0.29, 0.717) is 25.3 Å². The highest BCUT2D eigenvalue weighted by atomic mass is 35.5. The third-order valence-corrected chi connectivity index (χ3v) is 4.89. The number of piperidine rings is 1. The topological polar surface area (TPSA) is 68.2 Å². The van der Waals surface area contributed by atoms with Crippen LogP contribution in [0.15, 0.2) is 42.7 Å². The van der Waals surface area contributed by atoms with Crippen molar-refractivity contribution in [2.75, 3.05) is 33.4 Å². The molecule has 1 fully saturated rings. The molecule has 1 amide bonds. The molecule has 0 atom stereocenters. The van der Waals surface area contributed by atoms with E-state index in [-0.39, 0.29) is 36.1 Å². The molecule has 0 saturated carbocycles. The van der Waals surface area contributed by atoms with Crippen LogP contribution in [0.2, 0.25) is 0 Å². The quantitative estimate of drug-likeness (QED) is 0.730. The summed E-state index contributed by atoms with van der Waals surface area (Å²) in [5, 5.41) is 10.7. The van der Waals surface area contributed by atoms with Crippen LogP contribution in [-0.4, -0.2) is 49.0 Å². The monoisotopic (exact) mass is 414 g/mol. The Hall–Kier alpha value is -1.60. The molecule has 6 nitrogen and oxygen atoms in total. The van der Waals surface area contributed by atoms with Gasteiger partial charge in [-0.1, -0.05) is 18.2 Å². The van der Waals surface area contributed by atoms with E-state index in [0.717, 1.165) is 31.5 Å². The first kappa shape index (κ1) is 23.4. The molecule has 2 aromatic rings. The van der Waals surface area contributed by atoms with Crippen LogP contribution in [0.25, 0.3) is 0 Å². The lowest BCUT2D eigenvalue weighted by molar-refractivity contribution is 0.0511. The van der Waals surface area contributed by atoms with Crippen LogP contribution < -0.4 is 10.6 Å². The number of hydrogen-bond acceptors (Lipinski definition) is 4. The largest absolute Gasteiger partial charge is 0.384 e. The summed E-state index contributed by atoms with van der Waals surface area (Å²) in [5.41, 5.74) is 1.70. The average molecular weight is 415 g/mol. The highest BCUT2D eigenvalue weighted by molar-refractivity contribution is 5.95. The van der Waals surface area contributed by atoms with Crippen molar-refractivity contribution in [1.82, 2.24) is 20.4 Å². The van der Waals surface area contributed by atoms with Crippen molar-refractivity contribution in [2.45, 2.75) is 19.4 Å². The molecule has 1 aromatic carbocycles. The Bertz CT molecular complexity index is 683. The molecular formula is C19H28Cl2N4O2. The molecule has 1 aromatic heterocycles. The van der Waals surface area contributed by atoms with Gasteiger partial charge in [-0.25, -0.2) is 0 Å². The molecule has 3 rings (SSSR count). The number of methoxy groups -OCH3 is 1. The summed E-state index contributed by atoms with van der Waals surface area (Å²) in [6.45, 7) is 3.83. The molecule has 0 radical (unpaired) electrons. The fourth-order valence-electron chi connectivity index (χ4n) is 3.45. The molecule has 1 aliphatic heterocycles. The molecule has 0 bridgehead atoms. The number of nitrogens with one attached hydrogen (secondary N) is 2. The van der Waals surface area contributed by atoms with Gasteiger partial charge in [-0.05, 0) is 43.6 Å². The molecule has 1 saturated heterocycles. The SMILES string of the molecule is COCC1(CNC(=O)c2ccccc2Cn2cccn2)CCNCC1.Cl.Cl. The van der Waals surface area contributed by atoms with E-state index < -0.39 is 0 Å². The van der Waals surface area contributed by atoms with Crippen LogP contribution >= 0.6 is 24.8 Å². The van der Waals surface area contributed by atoms with Crippen LogP contribution in [0.5, 0.6) is 0 Å². The number of halogens is 2. The number of carbonyl (C=O) groups is 1. The van der Waals surface area contributed by atoms with E-state index in [2.05, 4.69) is 15.7 Å². The molecule has 27 heavy (non-hydrogen) atoms. The third kappa shape index (κ3) is 6.21. The van der Waals surface area contributed by atoms with Gasteiger partial charge in [-0.15, -0.1) is 24.8 Å². The maximum atomic E-state index is 12.8. The van der Waals surface area contributed by atoms with Crippen molar-refractivity contribution in [3.8, 4) is 0 Å². The van der Waals surface area contributed by atoms with Crippen molar-refractivity contribution in [3.63, 3.8) is 0 Å². The summed E-state index contributed by atoms with van der Waals surface area (Å²) in [7, 11) is 1.73. The number of amides is 1. The molecule has 0 aliphatic carbocycles. The number of aromatic nitrogens is 2. The summed E-state index contributed by atoms with van der Waals surface area (Å²) in [5.74, 6) is -0.0308. The Morgan fingerprint density at radius 3 is 2.67 bits per heavy atom. The molecule has 8 heteroatoms. The summed E-state index contributed by atoms with van der Waals surface area (Å²) >= 11 is 0. The highest BCUT2D eigenvalue weighted by Crippen LogP contribution is 2.28. The molecule has 2 N–H and O–H groups in total. The highest BCUT2D eigenvalue weighted by Gasteiger charge is 2.32. The number of ether oxygens (including phenoxy) is 1. The van der Waals surface area contributed by atoms with Crippen LogP contribution in [-0.2, 0) is 11.3 Å². The van der Waals surface area contributed by atoms with Gasteiger partial charge in [0.25, 0.3) is 5.91 Å². The first-order valence-electron chi connectivity index (χ1n) is 8.76. The number of carbonyl (C=O) groups excluding carboxylic acids is 1. The second kappa shape index (κ2) is 11.3. The van der Waals surface area contributed by atoms with Gasteiger partial charge in [-0.3, -0.25) is 9.48 Å². The van der Waals surface area contributed by atoms with Crippen LogP contribution in [0.3, 0.4) is 0 Å². The summed E-state index contributed by atoms with van der Waals surface area (Å²) in [4.78, 5) is 12.8. The van der Waals surface area contributed by atoms with Gasteiger partial charge < -0.3 is 15.4 Å². The molecule has 0 unspecified atom stereocenters. The van der Waals surface area contributed by atoms with Gasteiger partial charge in [0.1, 0.15) is 0 Å². The van der Waals surface area contributed by atoms with Gasteiger partial charge in [0.05, 0.1) is 13.2 Å². The van der Waals surface area contributed by atoms with E-state index in [4.69, 9.17) is 4.74 Å². The van der Waals surface area contributed by atoms with E-state index in [1.165, 1.54) is 0 Å². The average Bonchev–Trinajstić information content (AvgIpc) is 3.14. The molecule has 0 spiro atoms. The van der Waals surface area contributed by atoms with Crippen molar-refractivity contribution in [3.05, 3.63) is 53.9 Å². The van der Waals surface area contributed by atoms with Gasteiger partial charge in [0.2, 0.25) is 0 Å². The van der Waals surface area contributed by atoms with Gasteiger partial charge in [-0.2, -0.15) is 5.10 Å². The Labute approximate surface area is 172 Å². The van der Waals surface area contributed by atoms with E-state index in [9.17, 15) is 4.79 Å². The van der Waals surface area contributed by atoms with Gasteiger partial charge in [0, 0.05) is 37.0 Å². The lowest BCUT2D eigenvalue weighted by Gasteiger charge is -2.37. The maximum absolute atomic E-state index is 12.8. The summed E-state index contributed by atoms with van der Waals surface area (Å²) in [6.07, 6.45) is 5.66. The standard InChI is InChI=1S/C19H26N4O2.2ClH/c1-25-15-19(7-10-20-11-8-19)14-21-18(24)17-6-3-2-5-16(17)13-23-12-4-9-22-23;;/h2-6,9,12,20H,7-8,10-11,13-15H2,1H3,(H,21,24);2*1H. The zero-order valence-corrected chi connectivity index (χ0v) is 17.2. The number of benzene rings is 1.